The first-order chi connectivity index (χ1) is 17.2. The predicted molar refractivity (Wildman–Crippen MR) is 150 cm³/mol. The van der Waals surface area contributed by atoms with E-state index in [1.54, 1.807) is 48.5 Å². The Hall–Kier alpha value is -2.30. The molecule has 36 heavy (non-hydrogen) atoms. The molecule has 11 heteroatoms. The lowest BCUT2D eigenvalue weighted by atomic mass is 10.2. The molecule has 1 N–H and O–H groups in total. The molecule has 3 aromatic rings. The van der Waals surface area contributed by atoms with E-state index in [0.29, 0.717) is 36.0 Å². The highest BCUT2D eigenvalue weighted by atomic mass is 79.9. The smallest absolute Gasteiger partial charge is 0.294 e. The number of amides is 3. The molecule has 0 saturated carbocycles. The maximum Gasteiger partial charge on any atom is 0.294 e. The Morgan fingerprint density at radius 2 is 1.64 bits per heavy atom. The van der Waals surface area contributed by atoms with Gasteiger partial charge in [-0.3, -0.25) is 19.3 Å². The minimum atomic E-state index is -0.550. The Morgan fingerprint density at radius 1 is 1.00 bits per heavy atom. The zero-order valence-corrected chi connectivity index (χ0v) is 23.8. The molecule has 1 fully saturated rings. The van der Waals surface area contributed by atoms with Gasteiger partial charge in [-0.15, -0.1) is 0 Å². The number of ether oxygens (including phenoxy) is 1. The molecule has 0 spiro atoms. The summed E-state index contributed by atoms with van der Waals surface area (Å²) >= 11 is 20.0. The van der Waals surface area contributed by atoms with Gasteiger partial charge >= 0.3 is 0 Å². The van der Waals surface area contributed by atoms with Crippen LogP contribution in [0.25, 0.3) is 6.08 Å². The van der Waals surface area contributed by atoms with Crippen LogP contribution in [0.2, 0.25) is 10.0 Å². The Morgan fingerprint density at radius 3 is 2.31 bits per heavy atom. The molecular formula is C25H16Br2Cl2N2O4S. The van der Waals surface area contributed by atoms with Crippen LogP contribution in [0.3, 0.4) is 0 Å². The van der Waals surface area contributed by atoms with Gasteiger partial charge < -0.3 is 10.1 Å². The van der Waals surface area contributed by atoms with Crippen LogP contribution < -0.4 is 10.1 Å². The Balaban J connectivity index is 1.45. The first-order valence-electron chi connectivity index (χ1n) is 10.4. The lowest BCUT2D eigenvalue weighted by Crippen LogP contribution is -2.36. The molecular weight excluding hydrogens is 655 g/mol. The second kappa shape index (κ2) is 11.8. The second-order valence-corrected chi connectivity index (χ2v) is 11.0. The highest BCUT2D eigenvalue weighted by Crippen LogP contribution is 2.38. The van der Waals surface area contributed by atoms with Gasteiger partial charge in [0.2, 0.25) is 5.91 Å². The number of anilines is 1. The standard InChI is InChI=1S/C25H16Br2Cl2N2O4S/c26-16-9-14(10-17(27)23(16)35-13-15-5-1-2-6-18(15)28)11-21-24(33)31(25(34)36-21)12-22(32)30-20-8-4-3-7-19(20)29/h1-11H,12-13H2,(H,30,32)/b21-11+. The van der Waals surface area contributed by atoms with Gasteiger partial charge in [0, 0.05) is 10.6 Å². The SMILES string of the molecule is O=C(CN1C(=O)S/C(=C/c2cc(Br)c(OCc3ccccc3Cl)c(Br)c2)C1=O)Nc1ccccc1Cl. The van der Waals surface area contributed by atoms with Gasteiger partial charge in [0.25, 0.3) is 11.1 Å². The summed E-state index contributed by atoms with van der Waals surface area (Å²) < 4.78 is 7.22. The van der Waals surface area contributed by atoms with E-state index < -0.39 is 23.6 Å². The number of nitrogens with one attached hydrogen (secondary N) is 1. The molecule has 0 unspecified atom stereocenters. The van der Waals surface area contributed by atoms with E-state index in [-0.39, 0.29) is 11.5 Å². The molecule has 0 aromatic heterocycles. The lowest BCUT2D eigenvalue weighted by Gasteiger charge is -2.13. The summed E-state index contributed by atoms with van der Waals surface area (Å²) in [6.45, 7) is -0.152. The van der Waals surface area contributed by atoms with E-state index in [1.807, 2.05) is 18.2 Å². The van der Waals surface area contributed by atoms with Gasteiger partial charge in [0.1, 0.15) is 18.9 Å². The van der Waals surface area contributed by atoms with E-state index in [4.69, 9.17) is 27.9 Å². The summed E-state index contributed by atoms with van der Waals surface area (Å²) in [5.41, 5.74) is 1.90. The van der Waals surface area contributed by atoms with Gasteiger partial charge in [-0.2, -0.15) is 0 Å². The van der Waals surface area contributed by atoms with Crippen LogP contribution in [0.15, 0.2) is 74.5 Å². The third-order valence-electron chi connectivity index (χ3n) is 4.97. The molecule has 0 radical (unpaired) electrons. The normalized spacial score (nSPS) is 14.4. The molecule has 1 aliphatic heterocycles. The molecule has 3 amide bonds. The maximum atomic E-state index is 12.9. The fraction of sp³-hybridized carbons (Fsp3) is 0.0800. The zero-order valence-electron chi connectivity index (χ0n) is 18.3. The number of para-hydroxylation sites is 1. The number of benzene rings is 3. The topological polar surface area (TPSA) is 75.7 Å². The molecule has 4 rings (SSSR count). The van der Waals surface area contributed by atoms with Gasteiger partial charge in [-0.1, -0.05) is 53.5 Å². The number of rotatable bonds is 7. The van der Waals surface area contributed by atoms with Crippen molar-refractivity contribution in [1.29, 1.82) is 0 Å². The van der Waals surface area contributed by atoms with Crippen LogP contribution in [0, 0.1) is 0 Å². The maximum absolute atomic E-state index is 12.9. The molecule has 1 saturated heterocycles. The van der Waals surface area contributed by atoms with Crippen LogP contribution in [-0.4, -0.2) is 28.5 Å². The summed E-state index contributed by atoms with van der Waals surface area (Å²) in [7, 11) is 0. The minimum absolute atomic E-state index is 0.203. The number of hydrogen-bond donors (Lipinski definition) is 1. The Kier molecular flexibility index (Phi) is 8.79. The fourth-order valence-corrected chi connectivity index (χ4v) is 5.91. The lowest BCUT2D eigenvalue weighted by molar-refractivity contribution is -0.127. The van der Waals surface area contributed by atoms with Crippen molar-refractivity contribution in [2.24, 2.45) is 0 Å². The van der Waals surface area contributed by atoms with Crippen molar-refractivity contribution in [3.05, 3.63) is 95.7 Å². The zero-order chi connectivity index (χ0) is 25.8. The average Bonchev–Trinajstić information content (AvgIpc) is 3.08. The molecule has 0 bridgehead atoms. The van der Waals surface area contributed by atoms with Crippen molar-refractivity contribution in [1.82, 2.24) is 4.90 Å². The van der Waals surface area contributed by atoms with Crippen LogP contribution in [0.1, 0.15) is 11.1 Å². The van der Waals surface area contributed by atoms with Crippen molar-refractivity contribution in [2.45, 2.75) is 6.61 Å². The summed E-state index contributed by atoms with van der Waals surface area (Å²) in [5.74, 6) is -0.515. The molecule has 1 aliphatic rings. The summed E-state index contributed by atoms with van der Waals surface area (Å²) in [4.78, 5) is 38.8. The number of carbonyl (C=O) groups excluding carboxylic acids is 3. The van der Waals surface area contributed by atoms with Crippen molar-refractivity contribution in [2.75, 3.05) is 11.9 Å². The van der Waals surface area contributed by atoms with Crippen LogP contribution in [-0.2, 0) is 16.2 Å². The Labute approximate surface area is 238 Å². The largest absolute Gasteiger partial charge is 0.486 e. The van der Waals surface area contributed by atoms with Crippen molar-refractivity contribution in [3.63, 3.8) is 0 Å². The molecule has 184 valence electrons. The molecule has 0 atom stereocenters. The molecule has 1 heterocycles. The van der Waals surface area contributed by atoms with Crippen molar-refractivity contribution in [3.8, 4) is 5.75 Å². The van der Waals surface area contributed by atoms with Crippen molar-refractivity contribution >= 4 is 95.6 Å². The van der Waals surface area contributed by atoms with Gasteiger partial charge in [0.15, 0.2) is 0 Å². The molecule has 3 aromatic carbocycles. The quantitative estimate of drug-likeness (QED) is 0.260. The van der Waals surface area contributed by atoms with Crippen molar-refractivity contribution < 1.29 is 19.1 Å². The van der Waals surface area contributed by atoms with E-state index >= 15 is 0 Å². The van der Waals surface area contributed by atoms with Crippen LogP contribution in [0.5, 0.6) is 5.75 Å². The number of nitrogens with zero attached hydrogens (tertiary/aromatic N) is 1. The van der Waals surface area contributed by atoms with Gasteiger partial charge in [-0.05, 0) is 85.6 Å². The van der Waals surface area contributed by atoms with E-state index in [0.717, 1.165) is 22.2 Å². The number of hydrogen-bond acceptors (Lipinski definition) is 5. The van der Waals surface area contributed by atoms with E-state index in [1.165, 1.54) is 0 Å². The van der Waals surface area contributed by atoms with Gasteiger partial charge in [-0.25, -0.2) is 0 Å². The first kappa shape index (κ1) is 26.8. The first-order valence-corrected chi connectivity index (χ1v) is 13.5. The number of halogens is 4. The summed E-state index contributed by atoms with van der Waals surface area (Å²) in [6, 6.07) is 17.6. The van der Waals surface area contributed by atoms with Crippen LogP contribution in [0.4, 0.5) is 10.5 Å². The fourth-order valence-electron chi connectivity index (χ4n) is 3.25. The molecule has 6 nitrogen and oxygen atoms in total. The Bertz CT molecular complexity index is 1380. The highest BCUT2D eigenvalue weighted by Gasteiger charge is 2.36. The number of thioether (sulfide) groups is 1. The highest BCUT2D eigenvalue weighted by molar-refractivity contribution is 9.11. The number of carbonyl (C=O) groups is 3. The van der Waals surface area contributed by atoms with Crippen LogP contribution >= 0.6 is 66.8 Å². The minimum Gasteiger partial charge on any atom is -0.486 e. The predicted octanol–water partition coefficient (Wildman–Crippen LogP) is 7.77. The number of imide groups is 1. The third kappa shape index (κ3) is 6.33. The van der Waals surface area contributed by atoms with Gasteiger partial charge in [0.05, 0.1) is 24.6 Å². The second-order valence-electron chi connectivity index (χ2n) is 7.49. The monoisotopic (exact) mass is 668 g/mol. The molecule has 0 aliphatic carbocycles. The van der Waals surface area contributed by atoms with E-state index in [9.17, 15) is 14.4 Å². The average molecular weight is 671 g/mol. The summed E-state index contributed by atoms with van der Waals surface area (Å²) in [6.07, 6.45) is 1.59. The van der Waals surface area contributed by atoms with E-state index in [2.05, 4.69) is 37.2 Å². The third-order valence-corrected chi connectivity index (χ3v) is 7.76. The summed E-state index contributed by atoms with van der Waals surface area (Å²) in [5, 5.41) is 3.05.